The summed E-state index contributed by atoms with van der Waals surface area (Å²) in [6.07, 6.45) is 1.95. The normalized spacial score (nSPS) is 12.2. The quantitative estimate of drug-likeness (QED) is 0.185. The van der Waals surface area contributed by atoms with Crippen molar-refractivity contribution in [3.63, 3.8) is 0 Å². The van der Waals surface area contributed by atoms with Gasteiger partial charge in [-0.3, -0.25) is 4.98 Å². The highest BCUT2D eigenvalue weighted by molar-refractivity contribution is 6.20. The second-order valence-corrected chi connectivity index (χ2v) is 14.0. The fourth-order valence-corrected chi connectivity index (χ4v) is 9.03. The third-order valence-electron chi connectivity index (χ3n) is 11.3. The molecule has 8 aromatic carbocycles. The second kappa shape index (κ2) is 10.3. The third kappa shape index (κ3) is 3.72. The molecule has 12 rings (SSSR count). The molecule has 3 nitrogen and oxygen atoms in total. The van der Waals surface area contributed by atoms with E-state index in [9.17, 15) is 0 Å². The summed E-state index contributed by atoms with van der Waals surface area (Å²) in [6, 6.07) is 62.2. The molecule has 3 heterocycles. The molecular formula is C49H29N3. The van der Waals surface area contributed by atoms with Gasteiger partial charge in [-0.25, -0.2) is 0 Å². The second-order valence-electron chi connectivity index (χ2n) is 14.0. The SMILES string of the molecule is c1ccc(-n2c3ccc(-c4ccc5c(c4)c4ccccc4n5-c4cc5c6c(ccnc6c4)-c4ccccc4-5)cc3c3ccc4ccccc4c32)cc1. The molecule has 240 valence electrons. The van der Waals surface area contributed by atoms with Gasteiger partial charge in [0.25, 0.3) is 0 Å². The molecule has 0 aliphatic heterocycles. The van der Waals surface area contributed by atoms with Crippen LogP contribution in [0.4, 0.5) is 0 Å². The highest BCUT2D eigenvalue weighted by atomic mass is 15.0. The first kappa shape index (κ1) is 27.8. The van der Waals surface area contributed by atoms with Crippen molar-refractivity contribution in [1.29, 1.82) is 0 Å². The van der Waals surface area contributed by atoms with E-state index in [0.717, 1.165) is 11.2 Å². The topological polar surface area (TPSA) is 22.8 Å². The van der Waals surface area contributed by atoms with E-state index in [2.05, 4.69) is 179 Å². The molecule has 0 spiro atoms. The van der Waals surface area contributed by atoms with Crippen molar-refractivity contribution in [2.24, 2.45) is 0 Å². The van der Waals surface area contributed by atoms with Gasteiger partial charge in [0.2, 0.25) is 0 Å². The number of benzene rings is 8. The molecule has 0 bridgehead atoms. The van der Waals surface area contributed by atoms with E-state index in [0.29, 0.717) is 0 Å². The van der Waals surface area contributed by atoms with Gasteiger partial charge in [-0.2, -0.15) is 0 Å². The number of rotatable bonds is 3. The summed E-state index contributed by atoms with van der Waals surface area (Å²) in [5.41, 5.74) is 15.7. The molecule has 3 aromatic heterocycles. The summed E-state index contributed by atoms with van der Waals surface area (Å²) in [5.74, 6) is 0. The van der Waals surface area contributed by atoms with Crippen molar-refractivity contribution in [3.8, 4) is 44.8 Å². The van der Waals surface area contributed by atoms with Gasteiger partial charge in [0.05, 0.1) is 27.6 Å². The van der Waals surface area contributed by atoms with Crippen molar-refractivity contribution in [2.45, 2.75) is 0 Å². The lowest BCUT2D eigenvalue weighted by Crippen LogP contribution is -1.95. The Morgan fingerprint density at radius 3 is 1.85 bits per heavy atom. The lowest BCUT2D eigenvalue weighted by molar-refractivity contribution is 1.18. The fourth-order valence-electron chi connectivity index (χ4n) is 9.03. The van der Waals surface area contributed by atoms with Crippen LogP contribution in [-0.2, 0) is 0 Å². The Labute approximate surface area is 299 Å². The zero-order valence-corrected chi connectivity index (χ0v) is 28.1. The van der Waals surface area contributed by atoms with Gasteiger partial charge in [0.15, 0.2) is 0 Å². The molecule has 0 saturated carbocycles. The molecule has 1 aliphatic rings. The molecule has 52 heavy (non-hydrogen) atoms. The molecule has 0 atom stereocenters. The monoisotopic (exact) mass is 659 g/mol. The number of nitrogens with zero attached hydrogens (tertiary/aromatic N) is 3. The predicted octanol–water partition coefficient (Wildman–Crippen LogP) is 12.9. The van der Waals surface area contributed by atoms with Gasteiger partial charge < -0.3 is 9.13 Å². The van der Waals surface area contributed by atoms with E-state index in [1.165, 1.54) is 98.8 Å². The van der Waals surface area contributed by atoms with Crippen molar-refractivity contribution < 1.29 is 0 Å². The lowest BCUT2D eigenvalue weighted by Gasteiger charge is -2.12. The molecule has 0 unspecified atom stereocenters. The van der Waals surface area contributed by atoms with Gasteiger partial charge in [0.1, 0.15) is 0 Å². The number of aromatic nitrogens is 3. The average molecular weight is 660 g/mol. The Bertz CT molecular complexity index is 3290. The van der Waals surface area contributed by atoms with Crippen molar-refractivity contribution >= 4 is 65.3 Å². The van der Waals surface area contributed by atoms with Crippen molar-refractivity contribution in [3.05, 3.63) is 176 Å². The molecule has 3 heteroatoms. The number of fused-ring (bicyclic) bond motifs is 11. The molecule has 0 amide bonds. The molecule has 0 saturated heterocycles. The molecule has 0 radical (unpaired) electrons. The van der Waals surface area contributed by atoms with Crippen LogP contribution in [0.15, 0.2) is 176 Å². The Morgan fingerprint density at radius 1 is 0.365 bits per heavy atom. The van der Waals surface area contributed by atoms with Crippen LogP contribution < -0.4 is 0 Å². The van der Waals surface area contributed by atoms with Crippen molar-refractivity contribution in [2.75, 3.05) is 0 Å². The van der Waals surface area contributed by atoms with E-state index < -0.39 is 0 Å². The Kier molecular flexibility index (Phi) is 5.50. The maximum absolute atomic E-state index is 4.88. The van der Waals surface area contributed by atoms with Crippen LogP contribution >= 0.6 is 0 Å². The summed E-state index contributed by atoms with van der Waals surface area (Å²) >= 11 is 0. The van der Waals surface area contributed by atoms with Crippen LogP contribution in [-0.4, -0.2) is 14.1 Å². The minimum Gasteiger partial charge on any atom is -0.309 e. The zero-order valence-electron chi connectivity index (χ0n) is 28.1. The van der Waals surface area contributed by atoms with Crippen LogP contribution in [0.5, 0.6) is 0 Å². The van der Waals surface area contributed by atoms with Crippen LogP contribution in [0.3, 0.4) is 0 Å². The van der Waals surface area contributed by atoms with E-state index in [-0.39, 0.29) is 0 Å². The Morgan fingerprint density at radius 2 is 1.02 bits per heavy atom. The van der Waals surface area contributed by atoms with Crippen molar-refractivity contribution in [1.82, 2.24) is 14.1 Å². The smallest absolute Gasteiger partial charge is 0.0735 e. The van der Waals surface area contributed by atoms with Gasteiger partial charge in [-0.05, 0) is 99.4 Å². The molecule has 0 N–H and O–H groups in total. The number of pyridine rings is 1. The Balaban J connectivity index is 1.08. The maximum atomic E-state index is 4.88. The van der Waals surface area contributed by atoms with E-state index >= 15 is 0 Å². The highest BCUT2D eigenvalue weighted by Crippen LogP contribution is 2.48. The average Bonchev–Trinajstić information content (AvgIpc) is 3.84. The summed E-state index contributed by atoms with van der Waals surface area (Å²) in [6.45, 7) is 0. The van der Waals surface area contributed by atoms with Crippen LogP contribution in [0.1, 0.15) is 0 Å². The summed E-state index contributed by atoms with van der Waals surface area (Å²) in [4.78, 5) is 4.88. The zero-order chi connectivity index (χ0) is 33.9. The number of hydrogen-bond donors (Lipinski definition) is 0. The molecule has 0 fully saturated rings. The molecular weight excluding hydrogens is 631 g/mol. The van der Waals surface area contributed by atoms with Gasteiger partial charge in [0, 0.05) is 49.9 Å². The predicted molar refractivity (Wildman–Crippen MR) is 218 cm³/mol. The van der Waals surface area contributed by atoms with E-state index in [1.807, 2.05) is 6.20 Å². The first-order valence-corrected chi connectivity index (χ1v) is 17.9. The minimum absolute atomic E-state index is 1.03. The first-order valence-electron chi connectivity index (χ1n) is 17.9. The van der Waals surface area contributed by atoms with Crippen LogP contribution in [0.25, 0.3) is 110 Å². The summed E-state index contributed by atoms with van der Waals surface area (Å²) in [7, 11) is 0. The van der Waals surface area contributed by atoms with E-state index in [4.69, 9.17) is 4.98 Å². The standard InChI is InChI=1S/C49H29N3/c1-2-11-33(12-3-1)52-47-23-20-32(27-42(47)40-21-18-30-10-4-5-13-35(30)49(40)52)31-19-22-46-41(26-31)38-16-8-9-17-45(38)51(46)34-28-43-37-15-7-6-14-36(37)39-24-25-50-44(29-34)48(39)43/h1-29H. The van der Waals surface area contributed by atoms with Gasteiger partial charge in [-0.1, -0.05) is 109 Å². The molecule has 11 aromatic rings. The largest absolute Gasteiger partial charge is 0.309 e. The summed E-state index contributed by atoms with van der Waals surface area (Å²) < 4.78 is 4.85. The van der Waals surface area contributed by atoms with Gasteiger partial charge in [-0.15, -0.1) is 0 Å². The van der Waals surface area contributed by atoms with Crippen LogP contribution in [0, 0.1) is 0 Å². The number of hydrogen-bond acceptors (Lipinski definition) is 1. The Hall–Kier alpha value is -6.97. The fraction of sp³-hybridized carbons (Fsp3) is 0. The third-order valence-corrected chi connectivity index (χ3v) is 11.3. The van der Waals surface area contributed by atoms with Gasteiger partial charge >= 0.3 is 0 Å². The highest BCUT2D eigenvalue weighted by Gasteiger charge is 2.24. The van der Waals surface area contributed by atoms with E-state index in [1.54, 1.807) is 0 Å². The molecule has 1 aliphatic carbocycles. The van der Waals surface area contributed by atoms with Crippen LogP contribution in [0.2, 0.25) is 0 Å². The number of para-hydroxylation sites is 2. The lowest BCUT2D eigenvalue weighted by atomic mass is 10.00. The first-order chi connectivity index (χ1) is 25.8. The minimum atomic E-state index is 1.03. The summed E-state index contributed by atoms with van der Waals surface area (Å²) in [5, 5.41) is 8.75. The maximum Gasteiger partial charge on any atom is 0.0735 e.